The molecule has 0 atom stereocenters. The third kappa shape index (κ3) is 1.95. The van der Waals surface area contributed by atoms with Crippen molar-refractivity contribution >= 4 is 6.29 Å². The molecule has 0 spiro atoms. The van der Waals surface area contributed by atoms with Gasteiger partial charge in [-0.25, -0.2) is 0 Å². The lowest BCUT2D eigenvalue weighted by molar-refractivity contribution is 0.112. The van der Waals surface area contributed by atoms with Gasteiger partial charge in [-0.1, -0.05) is 32.9 Å². The molecular weight excluding hydrogens is 176 g/mol. The van der Waals surface area contributed by atoms with Gasteiger partial charge in [-0.05, 0) is 11.5 Å². The van der Waals surface area contributed by atoms with Crippen molar-refractivity contribution in [3.8, 4) is 5.75 Å². The largest absolute Gasteiger partial charge is 0.496 e. The first kappa shape index (κ1) is 10.8. The van der Waals surface area contributed by atoms with E-state index < -0.39 is 0 Å². The molecule has 0 amide bonds. The zero-order chi connectivity index (χ0) is 10.8. The maximum Gasteiger partial charge on any atom is 0.150 e. The van der Waals surface area contributed by atoms with E-state index in [9.17, 15) is 4.79 Å². The number of aldehydes is 1. The minimum atomic E-state index is -0.0805. The van der Waals surface area contributed by atoms with Crippen LogP contribution in [0.4, 0.5) is 0 Å². The van der Waals surface area contributed by atoms with Crippen molar-refractivity contribution in [2.24, 2.45) is 0 Å². The Kier molecular flexibility index (Phi) is 2.94. The molecule has 0 fully saturated rings. The van der Waals surface area contributed by atoms with Crippen LogP contribution < -0.4 is 4.74 Å². The number of carbonyl (C=O) groups excluding carboxylic acids is 1. The summed E-state index contributed by atoms with van der Waals surface area (Å²) in [6.45, 7) is 6.20. The third-order valence-electron chi connectivity index (χ3n) is 2.16. The predicted octanol–water partition coefficient (Wildman–Crippen LogP) is 2.81. The van der Waals surface area contributed by atoms with Gasteiger partial charge in [0.2, 0.25) is 0 Å². The zero-order valence-electron chi connectivity index (χ0n) is 9.13. The minimum absolute atomic E-state index is 0.0805. The second-order valence-corrected chi connectivity index (χ2v) is 4.29. The van der Waals surface area contributed by atoms with Gasteiger partial charge in [-0.2, -0.15) is 0 Å². The van der Waals surface area contributed by atoms with E-state index >= 15 is 0 Å². The van der Waals surface area contributed by atoms with Crippen molar-refractivity contribution in [1.82, 2.24) is 0 Å². The molecular formula is C12H16O2. The molecule has 0 unspecified atom stereocenters. The van der Waals surface area contributed by atoms with Crippen molar-refractivity contribution in [3.63, 3.8) is 0 Å². The molecule has 0 aliphatic rings. The molecule has 14 heavy (non-hydrogen) atoms. The molecule has 1 rings (SSSR count). The Morgan fingerprint density at radius 2 is 1.93 bits per heavy atom. The van der Waals surface area contributed by atoms with E-state index in [-0.39, 0.29) is 5.41 Å². The van der Waals surface area contributed by atoms with Crippen molar-refractivity contribution in [1.29, 1.82) is 0 Å². The van der Waals surface area contributed by atoms with Crippen LogP contribution >= 0.6 is 0 Å². The van der Waals surface area contributed by atoms with Gasteiger partial charge in [-0.15, -0.1) is 0 Å². The van der Waals surface area contributed by atoms with E-state index in [0.29, 0.717) is 5.56 Å². The Morgan fingerprint density at radius 1 is 1.29 bits per heavy atom. The molecule has 1 aromatic carbocycles. The summed E-state index contributed by atoms with van der Waals surface area (Å²) in [6, 6.07) is 5.53. The Bertz CT molecular complexity index is 335. The summed E-state index contributed by atoms with van der Waals surface area (Å²) in [5.74, 6) is 0.780. The van der Waals surface area contributed by atoms with Crippen LogP contribution in [-0.2, 0) is 5.41 Å². The highest BCUT2D eigenvalue weighted by atomic mass is 16.5. The molecule has 0 saturated carbocycles. The van der Waals surface area contributed by atoms with Crippen LogP contribution in [0.15, 0.2) is 18.2 Å². The number of hydrogen-bond acceptors (Lipinski definition) is 2. The van der Waals surface area contributed by atoms with Gasteiger partial charge < -0.3 is 4.74 Å². The van der Waals surface area contributed by atoms with Gasteiger partial charge in [0.15, 0.2) is 0 Å². The van der Waals surface area contributed by atoms with Crippen LogP contribution in [0.1, 0.15) is 36.7 Å². The van der Waals surface area contributed by atoms with Crippen molar-refractivity contribution < 1.29 is 9.53 Å². The van der Waals surface area contributed by atoms with Gasteiger partial charge in [-0.3, -0.25) is 4.79 Å². The summed E-state index contributed by atoms with van der Waals surface area (Å²) in [6.07, 6.45) is 0.878. The maximum atomic E-state index is 10.9. The van der Waals surface area contributed by atoms with Crippen LogP contribution in [0.25, 0.3) is 0 Å². The highest BCUT2D eigenvalue weighted by Crippen LogP contribution is 2.33. The average molecular weight is 192 g/mol. The Hall–Kier alpha value is -1.31. The smallest absolute Gasteiger partial charge is 0.150 e. The number of ether oxygens (including phenoxy) is 1. The summed E-state index contributed by atoms with van der Waals surface area (Å²) in [5, 5.41) is 0. The van der Waals surface area contributed by atoms with E-state index in [4.69, 9.17) is 4.74 Å². The third-order valence-corrected chi connectivity index (χ3v) is 2.16. The summed E-state index contributed by atoms with van der Waals surface area (Å²) >= 11 is 0. The van der Waals surface area contributed by atoms with E-state index in [2.05, 4.69) is 20.8 Å². The first-order valence-corrected chi connectivity index (χ1v) is 4.63. The van der Waals surface area contributed by atoms with Crippen LogP contribution in [0.5, 0.6) is 5.75 Å². The molecule has 0 aliphatic heterocycles. The van der Waals surface area contributed by atoms with Crippen LogP contribution in [0.2, 0.25) is 0 Å². The molecule has 2 heteroatoms. The first-order chi connectivity index (χ1) is 6.50. The number of rotatable bonds is 2. The van der Waals surface area contributed by atoms with Crippen molar-refractivity contribution in [3.05, 3.63) is 29.3 Å². The van der Waals surface area contributed by atoms with Gasteiger partial charge >= 0.3 is 0 Å². The van der Waals surface area contributed by atoms with Crippen LogP contribution in [0.3, 0.4) is 0 Å². The topological polar surface area (TPSA) is 26.3 Å². The molecule has 0 radical (unpaired) electrons. The van der Waals surface area contributed by atoms with E-state index in [1.807, 2.05) is 18.2 Å². The molecule has 2 nitrogen and oxygen atoms in total. The maximum absolute atomic E-state index is 10.9. The standard InChI is InChI=1S/C12H16O2/c1-12(2,3)11-9(8-13)6-5-7-10(11)14-4/h5-8H,1-4H3. The zero-order valence-corrected chi connectivity index (χ0v) is 9.13. The first-order valence-electron chi connectivity index (χ1n) is 4.63. The molecule has 0 aromatic heterocycles. The van der Waals surface area contributed by atoms with Crippen molar-refractivity contribution in [2.45, 2.75) is 26.2 Å². The lowest BCUT2D eigenvalue weighted by Crippen LogP contribution is -2.15. The monoisotopic (exact) mass is 192 g/mol. The number of carbonyl (C=O) groups is 1. The van der Waals surface area contributed by atoms with Crippen molar-refractivity contribution in [2.75, 3.05) is 7.11 Å². The van der Waals surface area contributed by atoms with Gasteiger partial charge in [0.1, 0.15) is 12.0 Å². The average Bonchev–Trinajstić information content (AvgIpc) is 2.15. The molecule has 0 saturated heterocycles. The Morgan fingerprint density at radius 3 is 2.36 bits per heavy atom. The van der Waals surface area contributed by atoms with Gasteiger partial charge in [0, 0.05) is 11.1 Å². The molecule has 0 bridgehead atoms. The summed E-state index contributed by atoms with van der Waals surface area (Å²) < 4.78 is 5.26. The molecule has 0 aliphatic carbocycles. The molecule has 0 N–H and O–H groups in total. The normalized spacial score (nSPS) is 11.1. The number of methoxy groups -OCH3 is 1. The lowest BCUT2D eigenvalue weighted by atomic mass is 9.83. The van der Waals surface area contributed by atoms with Gasteiger partial charge in [0.25, 0.3) is 0 Å². The van der Waals surface area contributed by atoms with E-state index in [1.54, 1.807) is 7.11 Å². The number of hydrogen-bond donors (Lipinski definition) is 0. The van der Waals surface area contributed by atoms with Crippen LogP contribution in [-0.4, -0.2) is 13.4 Å². The second-order valence-electron chi connectivity index (χ2n) is 4.29. The minimum Gasteiger partial charge on any atom is -0.496 e. The fraction of sp³-hybridized carbons (Fsp3) is 0.417. The fourth-order valence-electron chi connectivity index (χ4n) is 1.62. The summed E-state index contributed by atoms with van der Waals surface area (Å²) in [7, 11) is 1.62. The highest BCUT2D eigenvalue weighted by Gasteiger charge is 2.21. The second kappa shape index (κ2) is 3.82. The van der Waals surface area contributed by atoms with Crippen LogP contribution in [0, 0.1) is 0 Å². The van der Waals surface area contributed by atoms with Gasteiger partial charge in [0.05, 0.1) is 7.11 Å². The highest BCUT2D eigenvalue weighted by molar-refractivity contribution is 5.79. The van der Waals surface area contributed by atoms with E-state index in [0.717, 1.165) is 17.6 Å². The molecule has 76 valence electrons. The molecule has 0 heterocycles. The Labute approximate surface area is 84.9 Å². The quantitative estimate of drug-likeness (QED) is 0.673. The molecule has 1 aromatic rings. The predicted molar refractivity (Wildman–Crippen MR) is 57.1 cm³/mol. The fourth-order valence-corrected chi connectivity index (χ4v) is 1.62. The Balaban J connectivity index is 3.41. The summed E-state index contributed by atoms with van der Waals surface area (Å²) in [4.78, 5) is 10.9. The SMILES string of the molecule is COc1cccc(C=O)c1C(C)(C)C. The lowest BCUT2D eigenvalue weighted by Gasteiger charge is -2.23. The summed E-state index contributed by atoms with van der Waals surface area (Å²) in [5.41, 5.74) is 1.59. The number of benzene rings is 1. The van der Waals surface area contributed by atoms with E-state index in [1.165, 1.54) is 0 Å².